The number of nitrogens with one attached hydrogen (secondary N) is 2. The van der Waals surface area contributed by atoms with Crippen LogP contribution >= 0.6 is 11.6 Å². The number of aromatic nitrogens is 3. The van der Waals surface area contributed by atoms with Gasteiger partial charge in [0, 0.05) is 46.5 Å². The van der Waals surface area contributed by atoms with E-state index in [1.165, 1.54) is 36.8 Å². The highest BCUT2D eigenvalue weighted by Gasteiger charge is 2.24. The molecule has 1 unspecified atom stereocenters. The molecule has 0 amide bonds. The largest absolute Gasteiger partial charge is 0.324 e. The molecule has 36 heavy (non-hydrogen) atoms. The SMILES string of the molecule is CCn1c(=O)c(-c2ccc(C3CC3)cc2Cl)cc2cnc(Nc3ccc(C4CCCNC4)cc3)nc21. The number of hydrogen-bond donors (Lipinski definition) is 2. The van der Waals surface area contributed by atoms with Crippen molar-refractivity contribution in [2.75, 3.05) is 18.4 Å². The normalized spacial score (nSPS) is 17.9. The summed E-state index contributed by atoms with van der Waals surface area (Å²) >= 11 is 6.64. The van der Waals surface area contributed by atoms with E-state index in [4.69, 9.17) is 16.6 Å². The second kappa shape index (κ2) is 9.68. The Morgan fingerprint density at radius 3 is 2.53 bits per heavy atom. The molecule has 6 rings (SSSR count). The molecule has 0 spiro atoms. The number of nitrogens with zero attached hydrogens (tertiary/aromatic N) is 3. The van der Waals surface area contributed by atoms with Crippen LogP contribution in [-0.2, 0) is 6.54 Å². The van der Waals surface area contributed by atoms with Crippen LogP contribution in [0.3, 0.4) is 0 Å². The molecule has 1 aliphatic heterocycles. The second-order valence-electron chi connectivity index (χ2n) is 9.88. The van der Waals surface area contributed by atoms with E-state index in [-0.39, 0.29) is 5.56 Å². The molecule has 7 heteroatoms. The van der Waals surface area contributed by atoms with Crippen molar-refractivity contribution >= 4 is 34.3 Å². The topological polar surface area (TPSA) is 71.8 Å². The maximum atomic E-state index is 13.5. The number of benzene rings is 2. The highest BCUT2D eigenvalue weighted by atomic mass is 35.5. The zero-order valence-corrected chi connectivity index (χ0v) is 21.2. The van der Waals surface area contributed by atoms with Gasteiger partial charge in [0.25, 0.3) is 5.56 Å². The van der Waals surface area contributed by atoms with Crippen LogP contribution in [0.4, 0.5) is 11.6 Å². The van der Waals surface area contributed by atoms with Gasteiger partial charge in [-0.25, -0.2) is 4.98 Å². The van der Waals surface area contributed by atoms with Gasteiger partial charge in [-0.05, 0) is 86.4 Å². The van der Waals surface area contributed by atoms with Gasteiger partial charge in [0.05, 0.1) is 0 Å². The maximum Gasteiger partial charge on any atom is 0.260 e. The third-order valence-corrected chi connectivity index (χ3v) is 7.72. The van der Waals surface area contributed by atoms with Crippen molar-refractivity contribution in [3.8, 4) is 11.1 Å². The number of aryl methyl sites for hydroxylation is 1. The van der Waals surface area contributed by atoms with E-state index in [1.54, 1.807) is 10.8 Å². The minimum atomic E-state index is -0.0961. The third-order valence-electron chi connectivity index (χ3n) is 7.41. The van der Waals surface area contributed by atoms with Gasteiger partial charge in [0.2, 0.25) is 5.95 Å². The van der Waals surface area contributed by atoms with Crippen molar-refractivity contribution in [2.24, 2.45) is 0 Å². The van der Waals surface area contributed by atoms with E-state index in [0.29, 0.717) is 40.6 Å². The molecule has 6 nitrogen and oxygen atoms in total. The molecule has 0 bridgehead atoms. The van der Waals surface area contributed by atoms with E-state index >= 15 is 0 Å². The average molecular weight is 500 g/mol. The summed E-state index contributed by atoms with van der Waals surface area (Å²) in [6.07, 6.45) is 6.64. The smallest absolute Gasteiger partial charge is 0.260 e. The predicted octanol–water partition coefficient (Wildman–Crippen LogP) is 6.22. The molecular formula is C29H30ClN5O. The highest BCUT2D eigenvalue weighted by molar-refractivity contribution is 6.33. The Balaban J connectivity index is 1.30. The molecule has 2 aromatic carbocycles. The van der Waals surface area contributed by atoms with Crippen molar-refractivity contribution < 1.29 is 0 Å². The summed E-state index contributed by atoms with van der Waals surface area (Å²) in [5, 5.41) is 8.20. The summed E-state index contributed by atoms with van der Waals surface area (Å²) in [6.45, 7) is 4.60. The first-order valence-electron chi connectivity index (χ1n) is 12.9. The number of fused-ring (bicyclic) bond motifs is 1. The van der Waals surface area contributed by atoms with Crippen LogP contribution in [0.5, 0.6) is 0 Å². The molecule has 2 aromatic heterocycles. The van der Waals surface area contributed by atoms with Gasteiger partial charge in [-0.15, -0.1) is 0 Å². The molecule has 1 aliphatic carbocycles. The zero-order chi connectivity index (χ0) is 24.6. The summed E-state index contributed by atoms with van der Waals surface area (Å²) in [5.41, 5.74) is 5.37. The van der Waals surface area contributed by atoms with Crippen molar-refractivity contribution in [1.82, 2.24) is 19.9 Å². The van der Waals surface area contributed by atoms with E-state index in [2.05, 4.69) is 45.9 Å². The molecule has 3 heterocycles. The first-order chi connectivity index (χ1) is 17.6. The number of anilines is 2. The maximum absolute atomic E-state index is 13.5. The molecule has 2 N–H and O–H groups in total. The average Bonchev–Trinajstić information content (AvgIpc) is 3.75. The summed E-state index contributed by atoms with van der Waals surface area (Å²) in [5.74, 6) is 1.65. The molecular weight excluding hydrogens is 470 g/mol. The minimum Gasteiger partial charge on any atom is -0.324 e. The van der Waals surface area contributed by atoms with E-state index in [0.717, 1.165) is 29.7 Å². The van der Waals surface area contributed by atoms with E-state index in [9.17, 15) is 4.79 Å². The lowest BCUT2D eigenvalue weighted by Gasteiger charge is -2.23. The summed E-state index contributed by atoms with van der Waals surface area (Å²) in [4.78, 5) is 22.7. The van der Waals surface area contributed by atoms with Crippen LogP contribution in [0.2, 0.25) is 5.02 Å². The quantitative estimate of drug-likeness (QED) is 0.329. The van der Waals surface area contributed by atoms with Crippen LogP contribution < -0.4 is 16.2 Å². The lowest BCUT2D eigenvalue weighted by Crippen LogP contribution is -2.28. The van der Waals surface area contributed by atoms with Crippen LogP contribution in [0, 0.1) is 0 Å². The predicted molar refractivity (Wildman–Crippen MR) is 146 cm³/mol. The Hall–Kier alpha value is -3.22. The van der Waals surface area contributed by atoms with Gasteiger partial charge < -0.3 is 10.6 Å². The number of halogens is 1. The van der Waals surface area contributed by atoms with Gasteiger partial charge in [0.15, 0.2) is 0 Å². The number of piperidine rings is 1. The van der Waals surface area contributed by atoms with E-state index in [1.807, 2.05) is 25.1 Å². The molecule has 2 fully saturated rings. The fourth-order valence-corrected chi connectivity index (χ4v) is 5.52. The molecule has 0 radical (unpaired) electrons. The summed E-state index contributed by atoms with van der Waals surface area (Å²) < 4.78 is 1.70. The second-order valence-corrected chi connectivity index (χ2v) is 10.3. The van der Waals surface area contributed by atoms with Crippen molar-refractivity contribution in [2.45, 2.75) is 51.0 Å². The fourth-order valence-electron chi connectivity index (χ4n) is 5.23. The molecule has 1 saturated heterocycles. The summed E-state index contributed by atoms with van der Waals surface area (Å²) in [7, 11) is 0. The molecule has 1 atom stereocenters. The first kappa shape index (κ1) is 23.2. The number of pyridine rings is 1. The van der Waals surface area contributed by atoms with Crippen LogP contribution in [0.15, 0.2) is 59.5 Å². The van der Waals surface area contributed by atoms with Gasteiger partial charge in [-0.1, -0.05) is 35.9 Å². The Morgan fingerprint density at radius 2 is 1.83 bits per heavy atom. The molecule has 4 aromatic rings. The Labute approximate surface area is 215 Å². The van der Waals surface area contributed by atoms with Crippen molar-refractivity contribution in [3.05, 3.63) is 81.2 Å². The lowest BCUT2D eigenvalue weighted by molar-refractivity contribution is 0.461. The van der Waals surface area contributed by atoms with E-state index < -0.39 is 0 Å². The first-order valence-corrected chi connectivity index (χ1v) is 13.3. The fraction of sp³-hybridized carbons (Fsp3) is 0.345. The van der Waals surface area contributed by atoms with Gasteiger partial charge in [-0.3, -0.25) is 9.36 Å². The van der Waals surface area contributed by atoms with Crippen molar-refractivity contribution in [1.29, 1.82) is 0 Å². The lowest BCUT2D eigenvalue weighted by atomic mass is 9.92. The van der Waals surface area contributed by atoms with Crippen molar-refractivity contribution in [3.63, 3.8) is 0 Å². The minimum absolute atomic E-state index is 0.0961. The third kappa shape index (κ3) is 4.51. The molecule has 1 saturated carbocycles. The number of hydrogen-bond acceptors (Lipinski definition) is 5. The molecule has 2 aliphatic rings. The van der Waals surface area contributed by atoms with Gasteiger partial charge >= 0.3 is 0 Å². The molecule has 184 valence electrons. The Morgan fingerprint density at radius 1 is 1.03 bits per heavy atom. The van der Waals surface area contributed by atoms with Crippen LogP contribution in [-0.4, -0.2) is 27.6 Å². The highest BCUT2D eigenvalue weighted by Crippen LogP contribution is 2.42. The Bertz CT molecular complexity index is 1470. The van der Waals surface area contributed by atoms with Crippen LogP contribution in [0.25, 0.3) is 22.2 Å². The standard InChI is InChI=1S/C29H30ClN5O/c1-2-35-27-22(14-25(28(35)36)24-12-9-20(15-26(24)30)18-5-6-18)17-32-29(34-27)33-23-10-7-19(8-11-23)21-4-3-13-31-16-21/h7-12,14-15,17-18,21,31H,2-6,13,16H2,1H3,(H,32,33,34). The number of rotatable bonds is 6. The monoisotopic (exact) mass is 499 g/mol. The summed E-state index contributed by atoms with van der Waals surface area (Å²) in [6, 6.07) is 16.4. The van der Waals surface area contributed by atoms with Gasteiger partial charge in [-0.2, -0.15) is 4.98 Å². The van der Waals surface area contributed by atoms with Crippen LogP contribution in [0.1, 0.15) is 55.6 Å². The Kier molecular flexibility index (Phi) is 6.23. The zero-order valence-electron chi connectivity index (χ0n) is 20.4. The van der Waals surface area contributed by atoms with Gasteiger partial charge in [0.1, 0.15) is 5.65 Å².